The highest BCUT2D eigenvalue weighted by Gasteiger charge is 2.15. The maximum Gasteiger partial charge on any atom is 0.303 e. The SMILES string of the molecule is Cc1c(C#N)sc(N=Nc2ccc(NC(=O)CCC(C)N)cc2CCC(=O)O)c1C#N. The molecule has 160 valence electrons. The number of amides is 1. The molecule has 1 aromatic heterocycles. The number of nitriles is 2. The molecule has 0 saturated carbocycles. The first-order chi connectivity index (χ1) is 14.7. The molecule has 1 atom stereocenters. The van der Waals surface area contributed by atoms with Crippen molar-refractivity contribution in [2.24, 2.45) is 16.0 Å². The van der Waals surface area contributed by atoms with Crippen LogP contribution in [-0.4, -0.2) is 23.0 Å². The molecule has 31 heavy (non-hydrogen) atoms. The minimum absolute atomic E-state index is 0.0830. The number of thiophene rings is 1. The molecule has 1 amide bonds. The molecule has 1 heterocycles. The van der Waals surface area contributed by atoms with E-state index in [2.05, 4.69) is 15.5 Å². The summed E-state index contributed by atoms with van der Waals surface area (Å²) in [4.78, 5) is 23.5. The van der Waals surface area contributed by atoms with Crippen molar-refractivity contribution in [1.29, 1.82) is 10.5 Å². The summed E-state index contributed by atoms with van der Waals surface area (Å²) in [6.45, 7) is 3.50. The van der Waals surface area contributed by atoms with Gasteiger partial charge in [0.2, 0.25) is 5.91 Å². The Morgan fingerprint density at radius 2 is 2.00 bits per heavy atom. The van der Waals surface area contributed by atoms with Crippen LogP contribution in [0, 0.1) is 29.6 Å². The van der Waals surface area contributed by atoms with Crippen molar-refractivity contribution in [2.45, 2.75) is 45.6 Å². The Kier molecular flexibility index (Phi) is 8.38. The van der Waals surface area contributed by atoms with E-state index in [4.69, 9.17) is 16.1 Å². The minimum Gasteiger partial charge on any atom is -0.481 e. The number of carbonyl (C=O) groups excluding carboxylic acids is 1. The van der Waals surface area contributed by atoms with Gasteiger partial charge in [0.15, 0.2) is 5.00 Å². The van der Waals surface area contributed by atoms with Crippen molar-refractivity contribution < 1.29 is 14.7 Å². The van der Waals surface area contributed by atoms with Gasteiger partial charge in [-0.15, -0.1) is 21.6 Å². The lowest BCUT2D eigenvalue weighted by Crippen LogP contribution is -2.19. The lowest BCUT2D eigenvalue weighted by atomic mass is 10.1. The zero-order chi connectivity index (χ0) is 23.0. The van der Waals surface area contributed by atoms with Gasteiger partial charge in [0, 0.05) is 24.6 Å². The smallest absolute Gasteiger partial charge is 0.303 e. The third-order valence-electron chi connectivity index (χ3n) is 4.39. The summed E-state index contributed by atoms with van der Waals surface area (Å²) < 4.78 is 0. The number of carboxylic acids is 1. The number of anilines is 1. The van der Waals surface area contributed by atoms with E-state index < -0.39 is 5.97 Å². The first-order valence-electron chi connectivity index (χ1n) is 9.50. The van der Waals surface area contributed by atoms with E-state index in [1.165, 1.54) is 0 Å². The fourth-order valence-electron chi connectivity index (χ4n) is 2.69. The van der Waals surface area contributed by atoms with E-state index in [0.29, 0.717) is 38.8 Å². The molecular weight excluding hydrogens is 416 g/mol. The first kappa shape index (κ1) is 23.7. The Morgan fingerprint density at radius 3 is 2.61 bits per heavy atom. The van der Waals surface area contributed by atoms with Crippen LogP contribution in [0.15, 0.2) is 28.4 Å². The normalized spacial score (nSPS) is 11.6. The summed E-state index contributed by atoms with van der Waals surface area (Å²) in [7, 11) is 0. The van der Waals surface area contributed by atoms with Gasteiger partial charge in [-0.1, -0.05) is 0 Å². The van der Waals surface area contributed by atoms with Crippen LogP contribution in [0.25, 0.3) is 0 Å². The molecule has 0 aliphatic rings. The predicted molar refractivity (Wildman–Crippen MR) is 117 cm³/mol. The van der Waals surface area contributed by atoms with E-state index in [0.717, 1.165) is 11.3 Å². The molecule has 0 radical (unpaired) electrons. The van der Waals surface area contributed by atoms with Crippen LogP contribution in [0.5, 0.6) is 0 Å². The van der Waals surface area contributed by atoms with Gasteiger partial charge in [0.1, 0.15) is 17.0 Å². The van der Waals surface area contributed by atoms with Crippen LogP contribution < -0.4 is 11.1 Å². The monoisotopic (exact) mass is 438 g/mol. The summed E-state index contributed by atoms with van der Waals surface area (Å²) in [5, 5.41) is 38.9. The van der Waals surface area contributed by atoms with E-state index in [1.807, 2.05) is 19.1 Å². The third-order valence-corrected chi connectivity index (χ3v) is 5.47. The Balaban J connectivity index is 2.31. The van der Waals surface area contributed by atoms with Crippen LogP contribution in [-0.2, 0) is 16.0 Å². The van der Waals surface area contributed by atoms with E-state index >= 15 is 0 Å². The maximum absolute atomic E-state index is 12.1. The van der Waals surface area contributed by atoms with Crippen LogP contribution in [0.2, 0.25) is 0 Å². The summed E-state index contributed by atoms with van der Waals surface area (Å²) in [5.74, 6) is -1.15. The zero-order valence-electron chi connectivity index (χ0n) is 17.2. The fraction of sp³-hybridized carbons (Fsp3) is 0.333. The summed E-state index contributed by atoms with van der Waals surface area (Å²) in [5.41, 5.74) is 8.04. The molecule has 2 aromatic rings. The quantitative estimate of drug-likeness (QED) is 0.494. The van der Waals surface area contributed by atoms with Crippen LogP contribution >= 0.6 is 11.3 Å². The van der Waals surface area contributed by atoms with Gasteiger partial charge in [-0.2, -0.15) is 10.5 Å². The van der Waals surface area contributed by atoms with E-state index in [1.54, 1.807) is 25.1 Å². The van der Waals surface area contributed by atoms with Gasteiger partial charge < -0.3 is 16.2 Å². The van der Waals surface area contributed by atoms with Crippen LogP contribution in [0.3, 0.4) is 0 Å². The summed E-state index contributed by atoms with van der Waals surface area (Å²) in [6, 6.07) is 8.91. The molecule has 1 unspecified atom stereocenters. The number of aliphatic carboxylic acids is 1. The van der Waals surface area contributed by atoms with E-state index in [9.17, 15) is 14.9 Å². The minimum atomic E-state index is -0.964. The third kappa shape index (κ3) is 6.71. The van der Waals surface area contributed by atoms with Crippen molar-refractivity contribution in [3.05, 3.63) is 39.8 Å². The predicted octanol–water partition coefficient (Wildman–Crippen LogP) is 4.30. The summed E-state index contributed by atoms with van der Waals surface area (Å²) in [6.07, 6.45) is 0.894. The van der Waals surface area contributed by atoms with Crippen molar-refractivity contribution in [3.63, 3.8) is 0 Å². The van der Waals surface area contributed by atoms with Crippen molar-refractivity contribution in [2.75, 3.05) is 5.32 Å². The molecule has 1 aromatic carbocycles. The fourth-order valence-corrected chi connectivity index (χ4v) is 3.57. The van der Waals surface area contributed by atoms with Gasteiger partial charge in [-0.3, -0.25) is 9.59 Å². The number of carbonyl (C=O) groups is 2. The second-order valence-electron chi connectivity index (χ2n) is 6.96. The highest BCUT2D eigenvalue weighted by atomic mass is 32.1. The molecule has 10 heteroatoms. The van der Waals surface area contributed by atoms with Gasteiger partial charge in [0.05, 0.1) is 11.3 Å². The number of aryl methyl sites for hydroxylation is 1. The zero-order valence-corrected chi connectivity index (χ0v) is 18.0. The van der Waals surface area contributed by atoms with E-state index in [-0.39, 0.29) is 36.8 Å². The Morgan fingerprint density at radius 1 is 1.26 bits per heavy atom. The first-order valence-corrected chi connectivity index (χ1v) is 10.3. The van der Waals surface area contributed by atoms with Gasteiger partial charge in [0.25, 0.3) is 0 Å². The molecule has 0 fully saturated rings. The topological polar surface area (TPSA) is 165 Å². The molecule has 2 rings (SSSR count). The number of benzene rings is 1. The number of azo groups is 1. The van der Waals surface area contributed by atoms with Crippen LogP contribution in [0.4, 0.5) is 16.4 Å². The number of hydrogen-bond acceptors (Lipinski definition) is 8. The molecule has 0 spiro atoms. The largest absolute Gasteiger partial charge is 0.481 e. The van der Waals surface area contributed by atoms with Crippen LogP contribution in [0.1, 0.15) is 47.8 Å². The molecule has 4 N–H and O–H groups in total. The number of nitrogens with two attached hydrogens (primary N) is 1. The molecule has 0 aliphatic carbocycles. The van der Waals surface area contributed by atoms with Crippen molar-refractivity contribution >= 4 is 39.6 Å². The second-order valence-corrected chi connectivity index (χ2v) is 7.96. The van der Waals surface area contributed by atoms with Crippen molar-refractivity contribution in [1.82, 2.24) is 0 Å². The lowest BCUT2D eigenvalue weighted by molar-refractivity contribution is -0.137. The molecule has 0 aliphatic heterocycles. The number of carboxylic acid groups (broad SMARTS) is 1. The highest BCUT2D eigenvalue weighted by Crippen LogP contribution is 2.36. The highest BCUT2D eigenvalue weighted by molar-refractivity contribution is 7.16. The van der Waals surface area contributed by atoms with Gasteiger partial charge in [-0.25, -0.2) is 0 Å². The summed E-state index contributed by atoms with van der Waals surface area (Å²) >= 11 is 1.07. The molecular formula is C21H22N6O3S. The second kappa shape index (κ2) is 11.0. The number of rotatable bonds is 9. The number of hydrogen-bond donors (Lipinski definition) is 3. The van der Waals surface area contributed by atoms with Crippen molar-refractivity contribution in [3.8, 4) is 12.1 Å². The standard InChI is InChI=1S/C21H22N6O3S/c1-12(24)3-7-19(28)25-15-5-6-17(14(9-15)4-8-20(29)30)26-27-21-16(10-22)13(2)18(11-23)31-21/h5-6,9,12H,3-4,7-8,24H2,1-2H3,(H,25,28)(H,29,30). The average molecular weight is 439 g/mol. The Hall–Kier alpha value is -3.60. The van der Waals surface area contributed by atoms with Gasteiger partial charge >= 0.3 is 5.97 Å². The Labute approximate surface area is 183 Å². The average Bonchev–Trinajstić information content (AvgIpc) is 3.04. The van der Waals surface area contributed by atoms with Gasteiger partial charge in [-0.05, 0) is 56.0 Å². The molecule has 0 saturated heterocycles. The lowest BCUT2D eigenvalue weighted by Gasteiger charge is -2.10. The number of nitrogens with zero attached hydrogens (tertiary/aromatic N) is 4. The molecule has 9 nitrogen and oxygen atoms in total. The maximum atomic E-state index is 12.1. The molecule has 0 bridgehead atoms. The number of nitrogens with one attached hydrogen (secondary N) is 1. The Bertz CT molecular complexity index is 1090.